The zero-order chi connectivity index (χ0) is 21.8. The van der Waals surface area contributed by atoms with Gasteiger partial charge in [0.25, 0.3) is 0 Å². The summed E-state index contributed by atoms with van der Waals surface area (Å²) in [6.45, 7) is 5.85. The van der Waals surface area contributed by atoms with Crippen molar-refractivity contribution in [2.24, 2.45) is 0 Å². The number of nitrogens with one attached hydrogen (secondary N) is 1. The van der Waals surface area contributed by atoms with E-state index in [1.54, 1.807) is 6.07 Å². The van der Waals surface area contributed by atoms with Crippen LogP contribution in [0.4, 0.5) is 5.69 Å². The van der Waals surface area contributed by atoms with E-state index in [1.807, 2.05) is 48.7 Å². The van der Waals surface area contributed by atoms with Crippen LogP contribution in [0.1, 0.15) is 18.9 Å². The summed E-state index contributed by atoms with van der Waals surface area (Å²) in [6, 6.07) is 11.2. The van der Waals surface area contributed by atoms with Crippen LogP contribution in [-0.2, 0) is 11.3 Å². The van der Waals surface area contributed by atoms with E-state index in [9.17, 15) is 4.79 Å². The molecule has 0 saturated heterocycles. The molecule has 0 spiro atoms. The summed E-state index contributed by atoms with van der Waals surface area (Å²) < 4.78 is 13.5. The van der Waals surface area contributed by atoms with Gasteiger partial charge in [-0.3, -0.25) is 4.79 Å². The maximum atomic E-state index is 12.5. The fraction of sp³-hybridized carbons (Fsp3) is 0.318. The molecule has 162 valence electrons. The second-order valence-electron chi connectivity index (χ2n) is 7.01. The van der Waals surface area contributed by atoms with E-state index in [0.29, 0.717) is 41.4 Å². The van der Waals surface area contributed by atoms with Crippen LogP contribution in [0.15, 0.2) is 41.6 Å². The fourth-order valence-electron chi connectivity index (χ4n) is 3.26. The van der Waals surface area contributed by atoms with E-state index in [1.165, 1.54) is 11.8 Å². The number of thioether (sulfide) groups is 1. The lowest BCUT2D eigenvalue weighted by Gasteiger charge is -2.11. The molecule has 0 fully saturated rings. The average molecular weight is 459 g/mol. The van der Waals surface area contributed by atoms with Crippen molar-refractivity contribution in [3.8, 4) is 22.9 Å². The Balaban J connectivity index is 1.48. The number of carbonyl (C=O) groups is 1. The number of hydrogen-bond acceptors (Lipinski definition) is 6. The Kier molecular flexibility index (Phi) is 6.67. The average Bonchev–Trinajstić information content (AvgIpc) is 3.04. The van der Waals surface area contributed by atoms with Crippen molar-refractivity contribution in [2.45, 2.75) is 32.0 Å². The van der Waals surface area contributed by atoms with Gasteiger partial charge in [0, 0.05) is 29.2 Å². The number of carbonyl (C=O) groups excluding carboxylic acids is 1. The van der Waals surface area contributed by atoms with Crippen LogP contribution >= 0.6 is 23.4 Å². The van der Waals surface area contributed by atoms with Crippen LogP contribution < -0.4 is 14.8 Å². The zero-order valence-electron chi connectivity index (χ0n) is 17.4. The van der Waals surface area contributed by atoms with E-state index in [2.05, 4.69) is 15.5 Å². The summed E-state index contributed by atoms with van der Waals surface area (Å²) in [5.74, 6) is 2.27. The third-order valence-corrected chi connectivity index (χ3v) is 6.29. The Morgan fingerprint density at radius 3 is 2.81 bits per heavy atom. The standard InChI is InChI=1S/C22H23ClN4O3S/c1-3-27-21(15-8-9-18-19(12-15)30-11-5-10-29-18)25-26-22(27)31-13-20(28)24-17-7-4-6-16(23)14(17)2/h4,6-9,12H,3,5,10-11,13H2,1-2H3,(H,24,28). The molecule has 1 aliphatic heterocycles. The summed E-state index contributed by atoms with van der Waals surface area (Å²) in [6.07, 6.45) is 0.854. The minimum atomic E-state index is -0.127. The molecule has 4 rings (SSSR count). The van der Waals surface area contributed by atoms with Crippen molar-refractivity contribution in [2.75, 3.05) is 24.3 Å². The van der Waals surface area contributed by atoms with Gasteiger partial charge in [-0.1, -0.05) is 29.4 Å². The van der Waals surface area contributed by atoms with Gasteiger partial charge < -0.3 is 19.4 Å². The molecule has 1 N–H and O–H groups in total. The molecular formula is C22H23ClN4O3S. The van der Waals surface area contributed by atoms with Gasteiger partial charge in [-0.15, -0.1) is 10.2 Å². The van der Waals surface area contributed by atoms with Gasteiger partial charge in [-0.05, 0) is 49.7 Å². The number of fused-ring (bicyclic) bond motifs is 1. The highest BCUT2D eigenvalue weighted by Gasteiger charge is 2.18. The number of ether oxygens (including phenoxy) is 2. The first-order valence-corrected chi connectivity index (χ1v) is 11.4. The molecule has 0 unspecified atom stereocenters. The Bertz CT molecular complexity index is 1100. The number of hydrogen-bond donors (Lipinski definition) is 1. The summed E-state index contributed by atoms with van der Waals surface area (Å²) in [5.41, 5.74) is 2.45. The highest BCUT2D eigenvalue weighted by molar-refractivity contribution is 7.99. The highest BCUT2D eigenvalue weighted by Crippen LogP contribution is 2.34. The van der Waals surface area contributed by atoms with Gasteiger partial charge in [0.2, 0.25) is 5.91 Å². The number of amides is 1. The topological polar surface area (TPSA) is 78.3 Å². The van der Waals surface area contributed by atoms with E-state index in [-0.39, 0.29) is 11.7 Å². The van der Waals surface area contributed by atoms with Crippen molar-refractivity contribution in [3.63, 3.8) is 0 Å². The Hall–Kier alpha value is -2.71. The Labute approximate surface area is 190 Å². The van der Waals surface area contributed by atoms with Crippen LogP contribution in [0.5, 0.6) is 11.5 Å². The van der Waals surface area contributed by atoms with Crippen molar-refractivity contribution >= 4 is 35.0 Å². The summed E-state index contributed by atoms with van der Waals surface area (Å²) in [4.78, 5) is 12.5. The Morgan fingerprint density at radius 2 is 2.00 bits per heavy atom. The van der Waals surface area contributed by atoms with Gasteiger partial charge in [-0.25, -0.2) is 0 Å². The number of benzene rings is 2. The largest absolute Gasteiger partial charge is 0.490 e. The van der Waals surface area contributed by atoms with E-state index < -0.39 is 0 Å². The number of anilines is 1. The predicted octanol–water partition coefficient (Wildman–Crippen LogP) is 4.82. The van der Waals surface area contributed by atoms with Crippen LogP contribution in [0.2, 0.25) is 5.02 Å². The summed E-state index contributed by atoms with van der Waals surface area (Å²) >= 11 is 7.47. The van der Waals surface area contributed by atoms with Crippen molar-refractivity contribution < 1.29 is 14.3 Å². The lowest BCUT2D eigenvalue weighted by molar-refractivity contribution is -0.113. The second-order valence-corrected chi connectivity index (χ2v) is 8.36. The number of rotatable bonds is 6. The smallest absolute Gasteiger partial charge is 0.234 e. The SMILES string of the molecule is CCn1c(SCC(=O)Nc2cccc(Cl)c2C)nnc1-c1ccc2c(c1)OCCCO2. The van der Waals surface area contributed by atoms with Gasteiger partial charge in [0.1, 0.15) is 0 Å². The lowest BCUT2D eigenvalue weighted by Crippen LogP contribution is -2.15. The van der Waals surface area contributed by atoms with Crippen molar-refractivity contribution in [1.82, 2.24) is 14.8 Å². The minimum Gasteiger partial charge on any atom is -0.490 e. The van der Waals surface area contributed by atoms with Gasteiger partial charge in [0.05, 0.1) is 19.0 Å². The fourth-order valence-corrected chi connectivity index (χ4v) is 4.23. The first-order chi connectivity index (χ1) is 15.1. The molecule has 31 heavy (non-hydrogen) atoms. The molecule has 7 nitrogen and oxygen atoms in total. The van der Waals surface area contributed by atoms with Crippen LogP contribution in [0.25, 0.3) is 11.4 Å². The minimum absolute atomic E-state index is 0.127. The van der Waals surface area contributed by atoms with E-state index >= 15 is 0 Å². The predicted molar refractivity (Wildman–Crippen MR) is 122 cm³/mol. The molecule has 3 aromatic rings. The number of aromatic nitrogens is 3. The molecule has 2 aromatic carbocycles. The second kappa shape index (κ2) is 9.62. The van der Waals surface area contributed by atoms with Crippen LogP contribution in [-0.4, -0.2) is 39.6 Å². The molecule has 0 bridgehead atoms. The quantitative estimate of drug-likeness (QED) is 0.533. The van der Waals surface area contributed by atoms with Crippen LogP contribution in [0.3, 0.4) is 0 Å². The maximum absolute atomic E-state index is 12.5. The van der Waals surface area contributed by atoms with Crippen molar-refractivity contribution in [3.05, 3.63) is 47.0 Å². The molecule has 0 radical (unpaired) electrons. The molecule has 2 heterocycles. The Morgan fingerprint density at radius 1 is 1.19 bits per heavy atom. The molecule has 0 saturated carbocycles. The van der Waals surface area contributed by atoms with Gasteiger partial charge >= 0.3 is 0 Å². The normalized spacial score (nSPS) is 13.0. The van der Waals surface area contributed by atoms with Crippen LogP contribution in [0, 0.1) is 6.92 Å². The molecule has 1 amide bonds. The van der Waals surface area contributed by atoms with Gasteiger partial charge in [0.15, 0.2) is 22.5 Å². The zero-order valence-corrected chi connectivity index (χ0v) is 18.9. The lowest BCUT2D eigenvalue weighted by atomic mass is 10.2. The van der Waals surface area contributed by atoms with E-state index in [4.69, 9.17) is 21.1 Å². The molecule has 1 aromatic heterocycles. The number of nitrogens with zero attached hydrogens (tertiary/aromatic N) is 3. The van der Waals surface area contributed by atoms with Gasteiger partial charge in [-0.2, -0.15) is 0 Å². The molecule has 0 aliphatic carbocycles. The number of halogens is 1. The van der Waals surface area contributed by atoms with Crippen molar-refractivity contribution in [1.29, 1.82) is 0 Å². The molecule has 1 aliphatic rings. The first kappa shape index (κ1) is 21.5. The third kappa shape index (κ3) is 4.80. The van der Waals surface area contributed by atoms with E-state index in [0.717, 1.165) is 29.1 Å². The highest BCUT2D eigenvalue weighted by atomic mass is 35.5. The maximum Gasteiger partial charge on any atom is 0.234 e. The third-order valence-electron chi connectivity index (χ3n) is 4.91. The molecular weight excluding hydrogens is 436 g/mol. The monoisotopic (exact) mass is 458 g/mol. The molecule has 0 atom stereocenters. The summed E-state index contributed by atoms with van der Waals surface area (Å²) in [5, 5.41) is 12.9. The first-order valence-electron chi connectivity index (χ1n) is 10.1. The summed E-state index contributed by atoms with van der Waals surface area (Å²) in [7, 11) is 0. The molecule has 9 heteroatoms.